The molecule has 18 heavy (non-hydrogen) atoms. The first kappa shape index (κ1) is 14.4. The minimum atomic E-state index is -0.632. The molecule has 2 unspecified atom stereocenters. The van der Waals surface area contributed by atoms with Gasteiger partial charge in [-0.05, 0) is 24.5 Å². The summed E-state index contributed by atoms with van der Waals surface area (Å²) in [7, 11) is 0. The molecule has 2 atom stereocenters. The van der Waals surface area contributed by atoms with E-state index >= 15 is 0 Å². The highest BCUT2D eigenvalue weighted by atomic mass is 16.2. The van der Waals surface area contributed by atoms with Crippen molar-refractivity contribution >= 4 is 11.8 Å². The third-order valence-electron chi connectivity index (χ3n) is 2.67. The average Bonchev–Trinajstić information content (AvgIpc) is 2.75. The second kappa shape index (κ2) is 5.35. The lowest BCUT2D eigenvalue weighted by atomic mass is 9.86. The molecule has 5 heteroatoms. The molecule has 0 saturated heterocycles. The van der Waals surface area contributed by atoms with Crippen molar-refractivity contribution in [2.24, 2.45) is 11.1 Å². The van der Waals surface area contributed by atoms with Gasteiger partial charge in [0.15, 0.2) is 0 Å². The monoisotopic (exact) mass is 251 g/mol. The second-order valence-electron chi connectivity index (χ2n) is 5.52. The van der Waals surface area contributed by atoms with Crippen LogP contribution in [0.3, 0.4) is 0 Å². The number of nitrogens with two attached hydrogens (primary N) is 1. The summed E-state index contributed by atoms with van der Waals surface area (Å²) in [6, 6.07) is 2.30. The first-order chi connectivity index (χ1) is 8.23. The highest BCUT2D eigenvalue weighted by Crippen LogP contribution is 2.21. The second-order valence-corrected chi connectivity index (χ2v) is 5.52. The molecule has 0 aliphatic heterocycles. The van der Waals surface area contributed by atoms with Crippen molar-refractivity contribution in [1.82, 2.24) is 9.88 Å². The Morgan fingerprint density at radius 3 is 2.11 bits per heavy atom. The average molecular weight is 251 g/mol. The Morgan fingerprint density at radius 2 is 1.72 bits per heavy atom. The fraction of sp³-hybridized carbons (Fsp3) is 0.538. The maximum Gasteiger partial charge on any atom is 0.253 e. The van der Waals surface area contributed by atoms with E-state index in [1.807, 2.05) is 20.8 Å². The van der Waals surface area contributed by atoms with Gasteiger partial charge < -0.3 is 11.1 Å². The van der Waals surface area contributed by atoms with Gasteiger partial charge in [-0.3, -0.25) is 14.2 Å². The standard InChI is InChI=1S/C13H21N3O2/c1-9(14)11(17)15-10(13(2,3)4)12(18)16-7-5-6-8-16/h5-10H,14H2,1-4H3,(H,15,17). The summed E-state index contributed by atoms with van der Waals surface area (Å²) < 4.78 is 1.47. The number of aromatic nitrogens is 1. The number of carbonyl (C=O) groups excluding carboxylic acids is 2. The molecule has 1 rings (SSSR count). The van der Waals surface area contributed by atoms with Crippen molar-refractivity contribution in [1.29, 1.82) is 0 Å². The minimum Gasteiger partial charge on any atom is -0.342 e. The molecule has 1 amide bonds. The van der Waals surface area contributed by atoms with Crippen molar-refractivity contribution in [2.45, 2.75) is 39.8 Å². The first-order valence-electron chi connectivity index (χ1n) is 5.96. The van der Waals surface area contributed by atoms with E-state index in [-0.39, 0.29) is 17.2 Å². The van der Waals surface area contributed by atoms with Crippen LogP contribution in [0.25, 0.3) is 0 Å². The molecule has 0 fully saturated rings. The van der Waals surface area contributed by atoms with Crippen LogP contribution in [0.1, 0.15) is 32.5 Å². The van der Waals surface area contributed by atoms with Crippen LogP contribution >= 0.6 is 0 Å². The molecule has 5 nitrogen and oxygen atoms in total. The topological polar surface area (TPSA) is 77.1 Å². The number of rotatable bonds is 3. The Hall–Kier alpha value is -1.62. The van der Waals surface area contributed by atoms with E-state index in [1.165, 1.54) is 4.57 Å². The van der Waals surface area contributed by atoms with Crippen LogP contribution in [0, 0.1) is 5.41 Å². The lowest BCUT2D eigenvalue weighted by Crippen LogP contribution is -2.54. The number of hydrogen-bond acceptors (Lipinski definition) is 3. The number of nitrogens with zero attached hydrogens (tertiary/aromatic N) is 1. The zero-order valence-electron chi connectivity index (χ0n) is 11.3. The highest BCUT2D eigenvalue weighted by Gasteiger charge is 2.33. The first-order valence-corrected chi connectivity index (χ1v) is 5.96. The maximum atomic E-state index is 12.3. The van der Waals surface area contributed by atoms with Crippen molar-refractivity contribution in [3.05, 3.63) is 24.5 Å². The van der Waals surface area contributed by atoms with Crippen molar-refractivity contribution < 1.29 is 9.59 Å². The van der Waals surface area contributed by atoms with Crippen molar-refractivity contribution in [3.8, 4) is 0 Å². The number of carbonyl (C=O) groups is 2. The van der Waals surface area contributed by atoms with Gasteiger partial charge in [0.25, 0.3) is 5.91 Å². The molecule has 0 aliphatic carbocycles. The van der Waals surface area contributed by atoms with Gasteiger partial charge in [-0.15, -0.1) is 0 Å². The molecule has 0 aromatic carbocycles. The lowest BCUT2D eigenvalue weighted by molar-refractivity contribution is -0.123. The smallest absolute Gasteiger partial charge is 0.253 e. The van der Waals surface area contributed by atoms with Crippen LogP contribution < -0.4 is 11.1 Å². The van der Waals surface area contributed by atoms with Crippen molar-refractivity contribution in [2.75, 3.05) is 0 Å². The molecule has 1 aromatic rings. The summed E-state index contributed by atoms with van der Waals surface area (Å²) >= 11 is 0. The van der Waals surface area contributed by atoms with Crippen LogP contribution in [0.4, 0.5) is 0 Å². The van der Waals surface area contributed by atoms with E-state index in [2.05, 4.69) is 5.32 Å². The molecule has 1 heterocycles. The van der Waals surface area contributed by atoms with Crippen LogP contribution in [0.5, 0.6) is 0 Å². The van der Waals surface area contributed by atoms with E-state index in [9.17, 15) is 9.59 Å². The van der Waals surface area contributed by atoms with E-state index in [1.54, 1.807) is 31.5 Å². The van der Waals surface area contributed by atoms with Gasteiger partial charge in [0.1, 0.15) is 6.04 Å². The van der Waals surface area contributed by atoms with Gasteiger partial charge in [0.05, 0.1) is 6.04 Å². The van der Waals surface area contributed by atoms with Gasteiger partial charge in [-0.25, -0.2) is 0 Å². The van der Waals surface area contributed by atoms with Gasteiger partial charge in [-0.1, -0.05) is 20.8 Å². The Labute approximate surface area is 107 Å². The number of hydrogen-bond donors (Lipinski definition) is 2. The Bertz CT molecular complexity index is 416. The Morgan fingerprint density at radius 1 is 1.22 bits per heavy atom. The predicted octanol–water partition coefficient (Wildman–Crippen LogP) is 1.01. The molecule has 0 bridgehead atoms. The van der Waals surface area contributed by atoms with Crippen LogP contribution in [-0.2, 0) is 4.79 Å². The van der Waals surface area contributed by atoms with Crippen LogP contribution in [0.15, 0.2) is 24.5 Å². The molecular formula is C13H21N3O2. The molecule has 0 radical (unpaired) electrons. The molecule has 100 valence electrons. The summed E-state index contributed by atoms with van der Waals surface area (Å²) in [5.41, 5.74) is 5.13. The van der Waals surface area contributed by atoms with E-state index in [0.717, 1.165) is 0 Å². The number of nitrogens with one attached hydrogen (secondary N) is 1. The summed E-state index contributed by atoms with van der Waals surface area (Å²) in [6.45, 7) is 7.30. The van der Waals surface area contributed by atoms with Gasteiger partial charge in [0.2, 0.25) is 5.91 Å². The molecule has 0 saturated carbocycles. The summed E-state index contributed by atoms with van der Waals surface area (Å²) in [6.07, 6.45) is 3.33. The largest absolute Gasteiger partial charge is 0.342 e. The molecule has 0 aliphatic rings. The van der Waals surface area contributed by atoms with Crippen molar-refractivity contribution in [3.63, 3.8) is 0 Å². The number of amides is 1. The fourth-order valence-corrected chi connectivity index (χ4v) is 1.55. The van der Waals surface area contributed by atoms with Gasteiger partial charge in [-0.2, -0.15) is 0 Å². The molecular weight excluding hydrogens is 230 g/mol. The van der Waals surface area contributed by atoms with E-state index < -0.39 is 12.1 Å². The zero-order chi connectivity index (χ0) is 13.9. The third kappa shape index (κ3) is 3.43. The third-order valence-corrected chi connectivity index (χ3v) is 2.67. The predicted molar refractivity (Wildman–Crippen MR) is 70.1 cm³/mol. The lowest BCUT2D eigenvalue weighted by Gasteiger charge is -2.30. The maximum absolute atomic E-state index is 12.3. The normalized spacial score (nSPS) is 14.9. The van der Waals surface area contributed by atoms with Crippen LogP contribution in [-0.4, -0.2) is 28.5 Å². The minimum absolute atomic E-state index is 0.165. The van der Waals surface area contributed by atoms with E-state index in [4.69, 9.17) is 5.73 Å². The molecule has 0 spiro atoms. The van der Waals surface area contributed by atoms with E-state index in [0.29, 0.717) is 0 Å². The highest BCUT2D eigenvalue weighted by molar-refractivity contribution is 5.91. The fourth-order valence-electron chi connectivity index (χ4n) is 1.55. The van der Waals surface area contributed by atoms with Gasteiger partial charge >= 0.3 is 0 Å². The summed E-state index contributed by atoms with van der Waals surface area (Å²) in [5, 5.41) is 2.71. The Balaban J connectivity index is 2.93. The zero-order valence-corrected chi connectivity index (χ0v) is 11.3. The van der Waals surface area contributed by atoms with Crippen LogP contribution in [0.2, 0.25) is 0 Å². The SMILES string of the molecule is CC(N)C(=O)NC(C(=O)n1cccc1)C(C)(C)C. The Kier molecular flexibility index (Phi) is 4.29. The summed E-state index contributed by atoms with van der Waals surface area (Å²) in [5.74, 6) is -0.489. The van der Waals surface area contributed by atoms with Gasteiger partial charge in [0, 0.05) is 12.4 Å². The quantitative estimate of drug-likeness (QED) is 0.841. The molecule has 3 N–H and O–H groups in total. The molecule has 1 aromatic heterocycles. The summed E-state index contributed by atoms with van der Waals surface area (Å²) in [4.78, 5) is 24.0.